The van der Waals surface area contributed by atoms with Crippen LogP contribution in [0.5, 0.6) is 0 Å². The molecule has 1 aromatic heterocycles. The Morgan fingerprint density at radius 1 is 1.00 bits per heavy atom. The van der Waals surface area contributed by atoms with Crippen LogP contribution in [0.1, 0.15) is 15.9 Å². The topological polar surface area (TPSA) is 54.0 Å². The van der Waals surface area contributed by atoms with Gasteiger partial charge >= 0.3 is 0 Å². The quantitative estimate of drug-likeness (QED) is 0.656. The number of hydrogen-bond acceptors (Lipinski definition) is 3. The van der Waals surface area contributed by atoms with E-state index in [1.54, 1.807) is 12.3 Å². The maximum Gasteiger partial charge on any atom is 0.256 e. The van der Waals surface area contributed by atoms with Gasteiger partial charge in [0.15, 0.2) is 0 Å². The molecule has 0 bridgehead atoms. The van der Waals surface area contributed by atoms with Gasteiger partial charge in [0.2, 0.25) is 0 Å². The first-order chi connectivity index (χ1) is 11.6. The number of anilines is 3. The number of amides is 1. The van der Waals surface area contributed by atoms with Crippen molar-refractivity contribution in [2.45, 2.75) is 6.92 Å². The molecule has 0 saturated heterocycles. The van der Waals surface area contributed by atoms with E-state index in [0.717, 1.165) is 21.5 Å². The maximum atomic E-state index is 12.3. The van der Waals surface area contributed by atoms with Gasteiger partial charge in [0, 0.05) is 10.2 Å². The summed E-state index contributed by atoms with van der Waals surface area (Å²) >= 11 is 3.38. The lowest BCUT2D eigenvalue weighted by Gasteiger charge is -2.10. The van der Waals surface area contributed by atoms with E-state index in [2.05, 4.69) is 31.5 Å². The monoisotopic (exact) mass is 381 g/mol. The molecule has 120 valence electrons. The molecule has 0 saturated carbocycles. The lowest BCUT2D eigenvalue weighted by molar-refractivity contribution is 0.102. The predicted octanol–water partition coefficient (Wildman–Crippen LogP) is 5.15. The Kier molecular flexibility index (Phi) is 4.91. The summed E-state index contributed by atoms with van der Waals surface area (Å²) in [5, 5.41) is 6.10. The van der Waals surface area contributed by atoms with Crippen LogP contribution >= 0.6 is 15.9 Å². The highest BCUT2D eigenvalue weighted by Crippen LogP contribution is 2.21. The van der Waals surface area contributed by atoms with Crippen molar-refractivity contribution in [3.63, 3.8) is 0 Å². The lowest BCUT2D eigenvalue weighted by atomic mass is 10.2. The molecule has 0 fully saturated rings. The molecule has 0 atom stereocenters. The normalized spacial score (nSPS) is 10.2. The number of aromatic nitrogens is 1. The first kappa shape index (κ1) is 16.2. The van der Waals surface area contributed by atoms with Crippen molar-refractivity contribution < 1.29 is 4.79 Å². The minimum absolute atomic E-state index is 0.177. The van der Waals surface area contributed by atoms with Gasteiger partial charge in [-0.1, -0.05) is 30.3 Å². The highest BCUT2D eigenvalue weighted by Gasteiger charge is 2.09. The second-order valence-corrected chi connectivity index (χ2v) is 6.16. The van der Waals surface area contributed by atoms with E-state index in [0.29, 0.717) is 11.3 Å². The van der Waals surface area contributed by atoms with E-state index in [4.69, 9.17) is 0 Å². The number of nitrogens with zero attached hydrogens (tertiary/aromatic N) is 1. The summed E-state index contributed by atoms with van der Waals surface area (Å²) in [6.07, 6.45) is 1.63. The number of halogens is 1. The summed E-state index contributed by atoms with van der Waals surface area (Å²) in [5.74, 6) is 0.548. The van der Waals surface area contributed by atoms with Crippen LogP contribution in [0.4, 0.5) is 17.2 Å². The van der Waals surface area contributed by atoms with Gasteiger partial charge in [0.05, 0.1) is 17.4 Å². The highest BCUT2D eigenvalue weighted by atomic mass is 79.9. The van der Waals surface area contributed by atoms with E-state index in [9.17, 15) is 4.79 Å². The summed E-state index contributed by atoms with van der Waals surface area (Å²) in [5.41, 5.74) is 3.38. The van der Waals surface area contributed by atoms with Crippen molar-refractivity contribution in [2.75, 3.05) is 10.6 Å². The van der Waals surface area contributed by atoms with Crippen molar-refractivity contribution in [1.82, 2.24) is 4.98 Å². The summed E-state index contributed by atoms with van der Waals surface area (Å²) in [6.45, 7) is 2.04. The molecule has 5 heteroatoms. The molecular formula is C19H16BrN3O. The summed E-state index contributed by atoms with van der Waals surface area (Å²) < 4.78 is 0.758. The smallest absolute Gasteiger partial charge is 0.256 e. The van der Waals surface area contributed by atoms with Gasteiger partial charge in [-0.15, -0.1) is 0 Å². The van der Waals surface area contributed by atoms with Gasteiger partial charge in [-0.25, -0.2) is 4.98 Å². The van der Waals surface area contributed by atoms with Crippen LogP contribution < -0.4 is 10.6 Å². The number of aryl methyl sites for hydroxylation is 1. The van der Waals surface area contributed by atoms with Gasteiger partial charge in [-0.3, -0.25) is 4.79 Å². The van der Waals surface area contributed by atoms with E-state index >= 15 is 0 Å². The van der Waals surface area contributed by atoms with E-state index in [1.807, 2.05) is 61.5 Å². The fourth-order valence-corrected chi connectivity index (χ4v) is 2.70. The summed E-state index contributed by atoms with van der Waals surface area (Å²) in [7, 11) is 0. The molecule has 0 unspecified atom stereocenters. The number of rotatable bonds is 4. The number of hydrogen-bond donors (Lipinski definition) is 2. The zero-order valence-electron chi connectivity index (χ0n) is 13.1. The maximum absolute atomic E-state index is 12.3. The number of pyridine rings is 1. The molecule has 1 amide bonds. The minimum Gasteiger partial charge on any atom is -0.340 e. The van der Waals surface area contributed by atoms with Crippen LogP contribution in [0.2, 0.25) is 0 Å². The Hall–Kier alpha value is -2.66. The molecule has 3 aromatic rings. The average molecular weight is 382 g/mol. The molecule has 2 N–H and O–H groups in total. The minimum atomic E-state index is -0.177. The Balaban J connectivity index is 1.70. The molecular weight excluding hydrogens is 366 g/mol. The van der Waals surface area contributed by atoms with Crippen LogP contribution in [0.15, 0.2) is 71.3 Å². The number of para-hydroxylation sites is 1. The van der Waals surface area contributed by atoms with E-state index in [1.165, 1.54) is 0 Å². The number of nitrogens with one attached hydrogen (secondary N) is 2. The standard InChI is InChI=1S/C19H16BrN3O/c1-13-6-2-5-9-17(13)23-18-11-10-14(12-21-18)22-19(24)15-7-3-4-8-16(15)20/h2-12H,1H3,(H,21,23)(H,22,24). The van der Waals surface area contributed by atoms with Gasteiger partial charge in [-0.2, -0.15) is 0 Å². The van der Waals surface area contributed by atoms with Gasteiger partial charge < -0.3 is 10.6 Å². The second-order valence-electron chi connectivity index (χ2n) is 5.31. The van der Waals surface area contributed by atoms with Crippen molar-refractivity contribution in [3.8, 4) is 0 Å². The number of benzene rings is 2. The fourth-order valence-electron chi connectivity index (χ4n) is 2.24. The average Bonchev–Trinajstić information content (AvgIpc) is 2.59. The van der Waals surface area contributed by atoms with E-state index < -0.39 is 0 Å². The van der Waals surface area contributed by atoms with Crippen LogP contribution in [-0.2, 0) is 0 Å². The zero-order chi connectivity index (χ0) is 16.9. The van der Waals surface area contributed by atoms with Gasteiger partial charge in [0.25, 0.3) is 5.91 Å². The van der Waals surface area contributed by atoms with Gasteiger partial charge in [-0.05, 0) is 58.7 Å². The third kappa shape index (κ3) is 3.81. The second kappa shape index (κ2) is 7.27. The van der Waals surface area contributed by atoms with E-state index in [-0.39, 0.29) is 5.91 Å². The Morgan fingerprint density at radius 2 is 1.75 bits per heavy atom. The number of carbonyl (C=O) groups excluding carboxylic acids is 1. The summed E-state index contributed by atoms with van der Waals surface area (Å²) in [4.78, 5) is 16.6. The Morgan fingerprint density at radius 3 is 2.46 bits per heavy atom. The third-order valence-corrected chi connectivity index (χ3v) is 4.24. The SMILES string of the molecule is Cc1ccccc1Nc1ccc(NC(=O)c2ccccc2Br)cn1. The molecule has 3 rings (SSSR count). The fraction of sp³-hybridized carbons (Fsp3) is 0.0526. The van der Waals surface area contributed by atoms with Crippen LogP contribution in [0, 0.1) is 6.92 Å². The first-order valence-corrected chi connectivity index (χ1v) is 8.27. The van der Waals surface area contributed by atoms with Crippen molar-refractivity contribution in [2.24, 2.45) is 0 Å². The molecule has 1 heterocycles. The largest absolute Gasteiger partial charge is 0.340 e. The van der Waals surface area contributed by atoms with Crippen LogP contribution in [-0.4, -0.2) is 10.9 Å². The van der Waals surface area contributed by atoms with Crippen molar-refractivity contribution >= 4 is 39.0 Å². The van der Waals surface area contributed by atoms with Crippen LogP contribution in [0.25, 0.3) is 0 Å². The molecule has 4 nitrogen and oxygen atoms in total. The molecule has 2 aromatic carbocycles. The Bertz CT molecular complexity index is 862. The predicted molar refractivity (Wildman–Crippen MR) is 101 cm³/mol. The molecule has 0 spiro atoms. The molecule has 0 aliphatic heterocycles. The summed E-state index contributed by atoms with van der Waals surface area (Å²) in [6, 6.07) is 19.0. The molecule has 0 radical (unpaired) electrons. The first-order valence-electron chi connectivity index (χ1n) is 7.48. The van der Waals surface area contributed by atoms with Gasteiger partial charge in [0.1, 0.15) is 5.82 Å². The van der Waals surface area contributed by atoms with Crippen molar-refractivity contribution in [3.05, 3.63) is 82.5 Å². The lowest BCUT2D eigenvalue weighted by Crippen LogP contribution is -2.12. The highest BCUT2D eigenvalue weighted by molar-refractivity contribution is 9.10. The van der Waals surface area contributed by atoms with Crippen molar-refractivity contribution in [1.29, 1.82) is 0 Å². The molecule has 0 aliphatic rings. The third-order valence-electron chi connectivity index (χ3n) is 3.55. The van der Waals surface area contributed by atoms with Crippen LogP contribution in [0.3, 0.4) is 0 Å². The Labute approximate surface area is 149 Å². The zero-order valence-corrected chi connectivity index (χ0v) is 14.7. The molecule has 24 heavy (non-hydrogen) atoms. The number of carbonyl (C=O) groups is 1. The molecule has 0 aliphatic carbocycles.